The zero-order chi connectivity index (χ0) is 19.9. The second-order valence-electron chi connectivity index (χ2n) is 6.22. The number of carbonyl (C=O) groups is 1. The molecular formula is C23H19N3O3. The third-order valence-corrected chi connectivity index (χ3v) is 4.19. The molecule has 29 heavy (non-hydrogen) atoms. The normalized spacial score (nSPS) is 11.1. The Morgan fingerprint density at radius 3 is 2.10 bits per heavy atom. The van der Waals surface area contributed by atoms with Crippen LogP contribution in [0.4, 0.5) is 0 Å². The molecule has 2 N–H and O–H groups in total. The average Bonchev–Trinajstić information content (AvgIpc) is 3.18. The quantitative estimate of drug-likeness (QED) is 0.286. The molecule has 0 unspecified atom stereocenters. The van der Waals surface area contributed by atoms with E-state index in [1.165, 1.54) is 0 Å². The van der Waals surface area contributed by atoms with Gasteiger partial charge in [-0.25, -0.2) is 5.43 Å². The van der Waals surface area contributed by atoms with Crippen LogP contribution in [-0.4, -0.2) is 23.4 Å². The molecule has 0 radical (unpaired) electrons. The predicted molar refractivity (Wildman–Crippen MR) is 112 cm³/mol. The van der Waals surface area contributed by atoms with Crippen LogP contribution >= 0.6 is 0 Å². The molecule has 0 aliphatic heterocycles. The Balaban J connectivity index is 1.48. The molecule has 4 rings (SSSR count). The number of aromatic amines is 1. The molecule has 3 aromatic carbocycles. The standard InChI is InChI=1S/C23H19N3O3/c27-22(26-25-16-17-15-24-21-14-8-7-13-20(17)21)23(28-18-9-3-1-4-10-18)29-19-11-5-2-6-12-19/h1-16,23-24H,(H,26,27)/b25-16+. The highest BCUT2D eigenvalue weighted by Gasteiger charge is 2.22. The van der Waals surface area contributed by atoms with Crippen LogP contribution < -0.4 is 14.9 Å². The first kappa shape index (κ1) is 18.3. The number of para-hydroxylation sites is 3. The van der Waals surface area contributed by atoms with Gasteiger partial charge in [0, 0.05) is 22.7 Å². The predicted octanol–water partition coefficient (Wildman–Crippen LogP) is 4.10. The summed E-state index contributed by atoms with van der Waals surface area (Å²) in [7, 11) is 0. The average molecular weight is 385 g/mol. The largest absolute Gasteiger partial charge is 0.446 e. The fraction of sp³-hybridized carbons (Fsp3) is 0.0435. The van der Waals surface area contributed by atoms with Crippen LogP contribution in [0.5, 0.6) is 11.5 Å². The second-order valence-corrected chi connectivity index (χ2v) is 6.22. The zero-order valence-corrected chi connectivity index (χ0v) is 15.5. The summed E-state index contributed by atoms with van der Waals surface area (Å²) in [4.78, 5) is 15.8. The Kier molecular flexibility index (Phi) is 5.53. The number of hydrogen-bond acceptors (Lipinski definition) is 4. The van der Waals surface area contributed by atoms with Crippen LogP contribution in [-0.2, 0) is 4.79 Å². The molecule has 0 saturated heterocycles. The lowest BCUT2D eigenvalue weighted by atomic mass is 10.2. The van der Waals surface area contributed by atoms with Crippen molar-refractivity contribution in [2.75, 3.05) is 0 Å². The fourth-order valence-electron chi connectivity index (χ4n) is 2.80. The van der Waals surface area contributed by atoms with E-state index in [9.17, 15) is 4.79 Å². The Labute approximate surface area is 167 Å². The molecule has 4 aromatic rings. The van der Waals surface area contributed by atoms with Crippen LogP contribution in [0.3, 0.4) is 0 Å². The lowest BCUT2D eigenvalue weighted by molar-refractivity contribution is -0.140. The molecular weight excluding hydrogens is 366 g/mol. The summed E-state index contributed by atoms with van der Waals surface area (Å²) in [5.74, 6) is 0.516. The van der Waals surface area contributed by atoms with E-state index >= 15 is 0 Å². The number of benzene rings is 3. The van der Waals surface area contributed by atoms with Gasteiger partial charge in [0.2, 0.25) is 0 Å². The van der Waals surface area contributed by atoms with Crippen molar-refractivity contribution in [1.82, 2.24) is 10.4 Å². The molecule has 6 heteroatoms. The lowest BCUT2D eigenvalue weighted by Gasteiger charge is -2.18. The highest BCUT2D eigenvalue weighted by Crippen LogP contribution is 2.17. The number of nitrogens with zero attached hydrogens (tertiary/aromatic N) is 1. The van der Waals surface area contributed by atoms with Gasteiger partial charge in [0.25, 0.3) is 0 Å². The Morgan fingerprint density at radius 2 is 1.45 bits per heavy atom. The molecule has 1 aromatic heterocycles. The van der Waals surface area contributed by atoms with E-state index in [0.29, 0.717) is 11.5 Å². The molecule has 1 heterocycles. The van der Waals surface area contributed by atoms with Gasteiger partial charge in [-0.1, -0.05) is 54.6 Å². The summed E-state index contributed by atoms with van der Waals surface area (Å²) in [6.45, 7) is 0. The van der Waals surface area contributed by atoms with Gasteiger partial charge in [-0.3, -0.25) is 4.79 Å². The van der Waals surface area contributed by atoms with Crippen LogP contribution in [0.2, 0.25) is 0 Å². The maximum atomic E-state index is 12.7. The van der Waals surface area contributed by atoms with Crippen molar-refractivity contribution in [1.29, 1.82) is 0 Å². The number of ether oxygens (including phenoxy) is 2. The van der Waals surface area contributed by atoms with Gasteiger partial charge in [0.05, 0.1) is 6.21 Å². The van der Waals surface area contributed by atoms with E-state index < -0.39 is 12.2 Å². The first-order chi connectivity index (χ1) is 14.3. The number of H-pyrrole nitrogens is 1. The molecule has 0 saturated carbocycles. The molecule has 0 bridgehead atoms. The van der Waals surface area contributed by atoms with Gasteiger partial charge in [-0.2, -0.15) is 5.10 Å². The Morgan fingerprint density at radius 1 is 0.862 bits per heavy atom. The van der Waals surface area contributed by atoms with E-state index in [-0.39, 0.29) is 0 Å². The number of fused-ring (bicyclic) bond motifs is 1. The minimum atomic E-state index is -1.19. The van der Waals surface area contributed by atoms with E-state index in [4.69, 9.17) is 9.47 Å². The summed E-state index contributed by atoms with van der Waals surface area (Å²) < 4.78 is 11.4. The van der Waals surface area contributed by atoms with E-state index in [1.54, 1.807) is 30.5 Å². The first-order valence-corrected chi connectivity index (χ1v) is 9.12. The van der Waals surface area contributed by atoms with Gasteiger partial charge in [-0.15, -0.1) is 0 Å². The van der Waals surface area contributed by atoms with Gasteiger partial charge in [0.1, 0.15) is 11.5 Å². The third-order valence-electron chi connectivity index (χ3n) is 4.19. The summed E-state index contributed by atoms with van der Waals surface area (Å²) >= 11 is 0. The molecule has 6 nitrogen and oxygen atoms in total. The highest BCUT2D eigenvalue weighted by molar-refractivity contribution is 5.99. The van der Waals surface area contributed by atoms with Crippen molar-refractivity contribution in [3.05, 3.63) is 96.7 Å². The Hall–Kier alpha value is -4.06. The molecule has 0 spiro atoms. The second kappa shape index (κ2) is 8.75. The molecule has 144 valence electrons. The summed E-state index contributed by atoms with van der Waals surface area (Å²) in [5, 5.41) is 5.08. The van der Waals surface area contributed by atoms with E-state index in [1.807, 2.05) is 66.9 Å². The molecule has 0 aliphatic rings. The fourth-order valence-corrected chi connectivity index (χ4v) is 2.80. The monoisotopic (exact) mass is 385 g/mol. The van der Waals surface area contributed by atoms with Gasteiger partial charge < -0.3 is 14.5 Å². The molecule has 0 aliphatic carbocycles. The number of hydrogen-bond donors (Lipinski definition) is 2. The number of nitrogens with one attached hydrogen (secondary N) is 2. The van der Waals surface area contributed by atoms with E-state index in [0.717, 1.165) is 16.5 Å². The van der Waals surface area contributed by atoms with Crippen LogP contribution in [0.1, 0.15) is 5.56 Å². The zero-order valence-electron chi connectivity index (χ0n) is 15.5. The highest BCUT2D eigenvalue weighted by atomic mass is 16.7. The minimum Gasteiger partial charge on any atom is -0.446 e. The summed E-state index contributed by atoms with van der Waals surface area (Å²) in [6, 6.07) is 25.9. The summed E-state index contributed by atoms with van der Waals surface area (Å²) in [5.41, 5.74) is 4.36. The number of hydrazone groups is 1. The van der Waals surface area contributed by atoms with E-state index in [2.05, 4.69) is 15.5 Å². The third kappa shape index (κ3) is 4.62. The maximum Gasteiger partial charge on any atom is 0.323 e. The summed E-state index contributed by atoms with van der Waals surface area (Å²) in [6.07, 6.45) is 2.22. The molecule has 1 amide bonds. The van der Waals surface area contributed by atoms with Gasteiger partial charge in [0.15, 0.2) is 0 Å². The number of aromatic nitrogens is 1. The van der Waals surface area contributed by atoms with Gasteiger partial charge in [-0.05, 0) is 30.3 Å². The molecule has 0 atom stereocenters. The van der Waals surface area contributed by atoms with Crippen molar-refractivity contribution in [2.24, 2.45) is 5.10 Å². The van der Waals surface area contributed by atoms with Crippen molar-refractivity contribution < 1.29 is 14.3 Å². The molecule has 0 fully saturated rings. The van der Waals surface area contributed by atoms with Crippen molar-refractivity contribution in [3.63, 3.8) is 0 Å². The Bertz CT molecular complexity index is 1070. The first-order valence-electron chi connectivity index (χ1n) is 9.12. The van der Waals surface area contributed by atoms with Crippen LogP contribution in [0.25, 0.3) is 10.9 Å². The maximum absolute atomic E-state index is 12.7. The topological polar surface area (TPSA) is 75.7 Å². The van der Waals surface area contributed by atoms with Crippen molar-refractivity contribution in [2.45, 2.75) is 6.29 Å². The number of rotatable bonds is 7. The number of amides is 1. The van der Waals surface area contributed by atoms with Crippen molar-refractivity contribution >= 4 is 23.0 Å². The number of carbonyl (C=O) groups excluding carboxylic acids is 1. The lowest BCUT2D eigenvalue weighted by Crippen LogP contribution is -2.40. The van der Waals surface area contributed by atoms with Crippen molar-refractivity contribution in [3.8, 4) is 11.5 Å². The van der Waals surface area contributed by atoms with Crippen LogP contribution in [0.15, 0.2) is 96.2 Å². The smallest absolute Gasteiger partial charge is 0.323 e. The van der Waals surface area contributed by atoms with Gasteiger partial charge >= 0.3 is 12.2 Å². The van der Waals surface area contributed by atoms with Crippen LogP contribution in [0, 0.1) is 0 Å². The minimum absolute atomic E-state index is 0.518. The SMILES string of the molecule is O=C(N/N=C/c1c[nH]c2ccccc12)C(Oc1ccccc1)Oc1ccccc1.